The van der Waals surface area contributed by atoms with Crippen LogP contribution in [0.4, 0.5) is 4.39 Å². The Balaban J connectivity index is 1.98. The molecule has 2 rings (SSSR count). The Hall–Kier alpha value is -0.860. The number of fused-ring (bicyclic) bond motifs is 1. The molecule has 3 unspecified atom stereocenters. The summed E-state index contributed by atoms with van der Waals surface area (Å²) in [7, 11) is 0. The molecule has 1 aliphatic carbocycles. The summed E-state index contributed by atoms with van der Waals surface area (Å²) in [4.78, 5) is 11.7. The van der Waals surface area contributed by atoms with Gasteiger partial charge in [-0.05, 0) is 38.0 Å². The second kappa shape index (κ2) is 6.35. The number of hydrogen-bond acceptors (Lipinski definition) is 1. The van der Waals surface area contributed by atoms with Gasteiger partial charge in [0.15, 0.2) is 0 Å². The van der Waals surface area contributed by atoms with Crippen LogP contribution in [0.25, 0.3) is 0 Å². The highest BCUT2D eigenvalue weighted by Gasteiger charge is 2.36. The lowest BCUT2D eigenvalue weighted by molar-refractivity contribution is -0.118. The minimum atomic E-state index is -0.220. The average Bonchev–Trinajstić information content (AvgIpc) is 2.34. The van der Waals surface area contributed by atoms with E-state index in [0.717, 1.165) is 25.7 Å². The van der Waals surface area contributed by atoms with Crippen molar-refractivity contribution in [2.75, 3.05) is 6.67 Å². The molecule has 1 aliphatic heterocycles. The minimum Gasteiger partial charge on any atom is -0.349 e. The van der Waals surface area contributed by atoms with E-state index in [9.17, 15) is 9.18 Å². The molecular formula is C15H24FNO. The average molecular weight is 253 g/mol. The van der Waals surface area contributed by atoms with Crippen LogP contribution in [0.2, 0.25) is 0 Å². The highest BCUT2D eigenvalue weighted by molar-refractivity contribution is 5.89. The van der Waals surface area contributed by atoms with Crippen molar-refractivity contribution in [2.24, 2.45) is 11.8 Å². The molecule has 2 nitrogen and oxygen atoms in total. The Labute approximate surface area is 109 Å². The number of carbonyl (C=O) groups is 1. The van der Waals surface area contributed by atoms with Crippen molar-refractivity contribution in [3.05, 3.63) is 11.6 Å². The molecule has 1 saturated carbocycles. The fourth-order valence-corrected chi connectivity index (χ4v) is 3.53. The van der Waals surface area contributed by atoms with Gasteiger partial charge < -0.3 is 5.32 Å². The van der Waals surface area contributed by atoms with Gasteiger partial charge in [-0.1, -0.05) is 25.3 Å². The molecule has 1 N–H and O–H groups in total. The second-order valence-electron chi connectivity index (χ2n) is 5.77. The van der Waals surface area contributed by atoms with E-state index in [4.69, 9.17) is 0 Å². The van der Waals surface area contributed by atoms with Gasteiger partial charge in [0.2, 0.25) is 5.91 Å². The Morgan fingerprint density at radius 3 is 2.94 bits per heavy atom. The third-order valence-corrected chi connectivity index (χ3v) is 4.39. The molecule has 0 saturated heterocycles. The summed E-state index contributed by atoms with van der Waals surface area (Å²) in [5, 5.41) is 3.10. The lowest BCUT2D eigenvalue weighted by Gasteiger charge is -2.41. The topological polar surface area (TPSA) is 29.1 Å². The quantitative estimate of drug-likeness (QED) is 0.748. The normalized spacial score (nSPS) is 31.6. The number of carbonyl (C=O) groups excluding carboxylic acids is 1. The number of halogens is 1. The maximum atomic E-state index is 12.1. The zero-order chi connectivity index (χ0) is 13.0. The lowest BCUT2D eigenvalue weighted by Crippen LogP contribution is -2.48. The first-order valence-corrected chi connectivity index (χ1v) is 7.29. The van der Waals surface area contributed by atoms with E-state index >= 15 is 0 Å². The number of unbranched alkanes of at least 4 members (excludes halogenated alkanes) is 2. The Kier molecular flexibility index (Phi) is 4.79. The fraction of sp³-hybridized carbons (Fsp3) is 0.800. The van der Waals surface area contributed by atoms with Crippen LogP contribution in [0.3, 0.4) is 0 Å². The fourth-order valence-electron chi connectivity index (χ4n) is 3.53. The van der Waals surface area contributed by atoms with Gasteiger partial charge in [0, 0.05) is 18.0 Å². The van der Waals surface area contributed by atoms with Crippen molar-refractivity contribution < 1.29 is 9.18 Å². The molecule has 0 aromatic rings. The third-order valence-electron chi connectivity index (χ3n) is 4.39. The van der Waals surface area contributed by atoms with Gasteiger partial charge in [0.25, 0.3) is 0 Å². The van der Waals surface area contributed by atoms with E-state index in [-0.39, 0.29) is 12.6 Å². The van der Waals surface area contributed by atoms with Crippen molar-refractivity contribution in [1.82, 2.24) is 5.32 Å². The smallest absolute Gasteiger partial charge is 0.244 e. The van der Waals surface area contributed by atoms with Crippen molar-refractivity contribution in [3.8, 4) is 0 Å². The largest absolute Gasteiger partial charge is 0.349 e. The third kappa shape index (κ3) is 3.12. The second-order valence-corrected chi connectivity index (χ2v) is 5.77. The van der Waals surface area contributed by atoms with Gasteiger partial charge in [-0.25, -0.2) is 0 Å². The Morgan fingerprint density at radius 1 is 1.33 bits per heavy atom. The van der Waals surface area contributed by atoms with Crippen LogP contribution in [0.5, 0.6) is 0 Å². The summed E-state index contributed by atoms with van der Waals surface area (Å²) in [5.74, 6) is 1.27. The first-order valence-electron chi connectivity index (χ1n) is 7.29. The molecule has 1 amide bonds. The van der Waals surface area contributed by atoms with Gasteiger partial charge in [-0.15, -0.1) is 0 Å². The van der Waals surface area contributed by atoms with E-state index < -0.39 is 0 Å². The molecule has 3 atom stereocenters. The van der Waals surface area contributed by atoms with Gasteiger partial charge in [0.05, 0.1) is 6.67 Å². The Morgan fingerprint density at radius 2 is 2.17 bits per heavy atom. The van der Waals surface area contributed by atoms with Crippen molar-refractivity contribution in [3.63, 3.8) is 0 Å². The molecule has 0 spiro atoms. The zero-order valence-corrected chi connectivity index (χ0v) is 11.3. The number of rotatable bonds is 5. The highest BCUT2D eigenvalue weighted by Crippen LogP contribution is 2.38. The van der Waals surface area contributed by atoms with Crippen LogP contribution in [-0.4, -0.2) is 18.6 Å². The highest BCUT2D eigenvalue weighted by atomic mass is 19.1. The molecule has 0 radical (unpaired) electrons. The number of alkyl halides is 1. The van der Waals surface area contributed by atoms with E-state index in [0.29, 0.717) is 24.3 Å². The summed E-state index contributed by atoms with van der Waals surface area (Å²) >= 11 is 0. The summed E-state index contributed by atoms with van der Waals surface area (Å²) in [6.07, 6.45) is 8.97. The van der Waals surface area contributed by atoms with Gasteiger partial charge in [-0.3, -0.25) is 9.18 Å². The van der Waals surface area contributed by atoms with Crippen LogP contribution in [0.1, 0.15) is 51.9 Å². The molecule has 0 aromatic heterocycles. The summed E-state index contributed by atoms with van der Waals surface area (Å²) < 4.78 is 12.1. The standard InChI is InChI=1S/C15H24FNO/c1-11-6-5-8-13-15(11)12(10-14(18)17-13)7-3-2-4-9-16/h10-11,13,15H,2-9H2,1H3,(H,17,18). The summed E-state index contributed by atoms with van der Waals surface area (Å²) in [6, 6.07) is 0.349. The van der Waals surface area contributed by atoms with Gasteiger partial charge in [-0.2, -0.15) is 0 Å². The van der Waals surface area contributed by atoms with Crippen LogP contribution in [0.15, 0.2) is 11.6 Å². The predicted octanol–water partition coefficient (Wildman–Crippen LogP) is 3.38. The van der Waals surface area contributed by atoms with Crippen molar-refractivity contribution >= 4 is 5.91 Å². The van der Waals surface area contributed by atoms with Crippen LogP contribution in [-0.2, 0) is 4.79 Å². The first-order chi connectivity index (χ1) is 8.72. The maximum Gasteiger partial charge on any atom is 0.244 e. The van der Waals surface area contributed by atoms with Crippen molar-refractivity contribution in [1.29, 1.82) is 0 Å². The van der Waals surface area contributed by atoms with E-state index in [2.05, 4.69) is 12.2 Å². The molecule has 18 heavy (non-hydrogen) atoms. The first kappa shape index (κ1) is 13.6. The van der Waals surface area contributed by atoms with E-state index in [1.54, 1.807) is 6.08 Å². The number of hydrogen-bond donors (Lipinski definition) is 1. The molecule has 1 heterocycles. The maximum absolute atomic E-state index is 12.1. The monoisotopic (exact) mass is 253 g/mol. The minimum absolute atomic E-state index is 0.0749. The Bertz CT molecular complexity index is 326. The molecule has 2 aliphatic rings. The van der Waals surface area contributed by atoms with Crippen molar-refractivity contribution in [2.45, 2.75) is 57.9 Å². The summed E-state index contributed by atoms with van der Waals surface area (Å²) in [6.45, 7) is 2.08. The molecule has 3 heteroatoms. The van der Waals surface area contributed by atoms with E-state index in [1.807, 2.05) is 0 Å². The SMILES string of the molecule is CC1CCCC2NC(=O)C=C(CCCCCF)C12. The van der Waals surface area contributed by atoms with Gasteiger partial charge >= 0.3 is 0 Å². The van der Waals surface area contributed by atoms with Crippen LogP contribution < -0.4 is 5.32 Å². The number of amides is 1. The van der Waals surface area contributed by atoms with Crippen LogP contribution in [0, 0.1) is 11.8 Å². The molecular weight excluding hydrogens is 229 g/mol. The summed E-state index contributed by atoms with van der Waals surface area (Å²) in [5.41, 5.74) is 1.31. The van der Waals surface area contributed by atoms with Crippen LogP contribution >= 0.6 is 0 Å². The molecule has 0 aromatic carbocycles. The molecule has 102 valence electrons. The lowest BCUT2D eigenvalue weighted by atomic mass is 9.70. The molecule has 0 bridgehead atoms. The van der Waals surface area contributed by atoms with E-state index in [1.165, 1.54) is 18.4 Å². The molecule has 1 fully saturated rings. The van der Waals surface area contributed by atoms with Gasteiger partial charge in [0.1, 0.15) is 0 Å². The predicted molar refractivity (Wildman–Crippen MR) is 71.0 cm³/mol. The zero-order valence-electron chi connectivity index (χ0n) is 11.3. The number of nitrogens with one attached hydrogen (secondary N) is 1.